The van der Waals surface area contributed by atoms with Crippen molar-refractivity contribution in [2.75, 3.05) is 21.3 Å². The number of carbonyl (C=O) groups excluding carboxylic acids is 4. The molecule has 12 nitrogen and oxygen atoms in total. The van der Waals surface area contributed by atoms with Gasteiger partial charge in [-0.1, -0.05) is 44.2 Å². The molecule has 0 fully saturated rings. The maximum Gasteiger partial charge on any atom is 0.411 e. The number of rotatable bonds is 13. The number of likely N-dealkylation sites (N-methyl/N-ethyl adjacent to an activating group) is 1. The van der Waals surface area contributed by atoms with Gasteiger partial charge in [-0.25, -0.2) is 9.59 Å². The molecule has 1 rings (SSSR count). The van der Waals surface area contributed by atoms with E-state index in [-0.39, 0.29) is 12.5 Å². The fraction of sp³-hybridized carbons (Fsp3) is 0.615. The van der Waals surface area contributed by atoms with Gasteiger partial charge in [0.1, 0.15) is 24.3 Å². The lowest BCUT2D eigenvalue weighted by Crippen LogP contribution is -2.55. The van der Waals surface area contributed by atoms with Crippen LogP contribution in [0.1, 0.15) is 53.5 Å². The summed E-state index contributed by atoms with van der Waals surface area (Å²) in [7, 11) is -0.874. The summed E-state index contributed by atoms with van der Waals surface area (Å²) >= 11 is 0. The van der Waals surface area contributed by atoms with E-state index in [0.717, 1.165) is 19.1 Å². The highest BCUT2D eigenvalue weighted by molar-refractivity contribution is 7.55. The fourth-order valence-electron chi connectivity index (χ4n) is 3.44. The molecule has 1 unspecified atom stereocenters. The summed E-state index contributed by atoms with van der Waals surface area (Å²) in [6.07, 6.45) is -0.657. The second-order valence-corrected chi connectivity index (χ2v) is 12.7. The Hall–Kier alpha value is -2.95. The molecule has 3 amide bonds. The number of carbonyl (C=O) groups is 4. The SMILES string of the molecule is COP(=O)(OC)C(C(=O)N[C@H](C)C(=O)N[C@@H](CC(C)C)C(=O)OC(C)(C)C)N(C)C(=O)OCc1ccccc1. The monoisotopic (exact) mass is 571 g/mol. The molecule has 1 aromatic carbocycles. The van der Waals surface area contributed by atoms with E-state index in [1.54, 1.807) is 51.1 Å². The van der Waals surface area contributed by atoms with Gasteiger partial charge in [-0.3, -0.25) is 19.1 Å². The van der Waals surface area contributed by atoms with Crippen LogP contribution in [0.15, 0.2) is 30.3 Å². The van der Waals surface area contributed by atoms with Crippen LogP contribution in [0, 0.1) is 5.92 Å². The first-order valence-electron chi connectivity index (χ1n) is 12.5. The Morgan fingerprint density at radius 2 is 1.51 bits per heavy atom. The number of nitrogens with zero attached hydrogens (tertiary/aromatic N) is 1. The van der Waals surface area contributed by atoms with Crippen molar-refractivity contribution in [3.63, 3.8) is 0 Å². The van der Waals surface area contributed by atoms with Crippen LogP contribution in [0.5, 0.6) is 0 Å². The molecule has 3 atom stereocenters. The van der Waals surface area contributed by atoms with Gasteiger partial charge in [-0.15, -0.1) is 0 Å². The molecule has 220 valence electrons. The van der Waals surface area contributed by atoms with E-state index in [1.807, 2.05) is 13.8 Å². The number of hydrogen-bond acceptors (Lipinski definition) is 9. The summed E-state index contributed by atoms with van der Waals surface area (Å²) in [4.78, 5) is 52.4. The van der Waals surface area contributed by atoms with Crippen molar-refractivity contribution in [3.8, 4) is 0 Å². The summed E-state index contributed by atoms with van der Waals surface area (Å²) in [5.41, 5.74) is -0.0567. The van der Waals surface area contributed by atoms with Gasteiger partial charge in [0.15, 0.2) is 0 Å². The molecule has 0 saturated heterocycles. The van der Waals surface area contributed by atoms with Gasteiger partial charge in [0.05, 0.1) is 0 Å². The molecule has 0 aromatic heterocycles. The van der Waals surface area contributed by atoms with Crippen molar-refractivity contribution >= 4 is 31.5 Å². The minimum Gasteiger partial charge on any atom is -0.458 e. The zero-order valence-corrected chi connectivity index (χ0v) is 25.1. The van der Waals surface area contributed by atoms with Gasteiger partial charge in [0.25, 0.3) is 5.91 Å². The van der Waals surface area contributed by atoms with Gasteiger partial charge in [-0.05, 0) is 45.6 Å². The molecule has 0 saturated carbocycles. The minimum absolute atomic E-state index is 0.0573. The topological polar surface area (TPSA) is 150 Å². The Balaban J connectivity index is 3.05. The summed E-state index contributed by atoms with van der Waals surface area (Å²) in [6, 6.07) is 6.70. The minimum atomic E-state index is -4.22. The van der Waals surface area contributed by atoms with Crippen LogP contribution < -0.4 is 10.6 Å². The highest BCUT2D eigenvalue weighted by Crippen LogP contribution is 2.52. The summed E-state index contributed by atoms with van der Waals surface area (Å²) < 4.78 is 33.9. The molecule has 0 bridgehead atoms. The zero-order valence-electron chi connectivity index (χ0n) is 24.2. The van der Waals surface area contributed by atoms with Gasteiger partial charge in [0, 0.05) is 21.3 Å². The number of nitrogens with one attached hydrogen (secondary N) is 2. The van der Waals surface area contributed by atoms with Crippen molar-refractivity contribution in [1.29, 1.82) is 0 Å². The van der Waals surface area contributed by atoms with Crippen molar-refractivity contribution < 1.29 is 42.3 Å². The smallest absolute Gasteiger partial charge is 0.411 e. The Bertz CT molecular complexity index is 1020. The maximum atomic E-state index is 13.3. The molecule has 1 aromatic rings. The molecule has 0 aliphatic heterocycles. The van der Waals surface area contributed by atoms with E-state index >= 15 is 0 Å². The van der Waals surface area contributed by atoms with Crippen LogP contribution in [0.4, 0.5) is 4.79 Å². The third-order valence-corrected chi connectivity index (χ3v) is 7.57. The highest BCUT2D eigenvalue weighted by atomic mass is 31.2. The van der Waals surface area contributed by atoms with Crippen molar-refractivity contribution in [2.45, 2.75) is 78.0 Å². The standard InChI is InChI=1S/C26H42N3O9P/c1-17(2)15-20(24(32)38-26(4,5)6)28-21(30)18(3)27-22(31)23(39(34,35-8)36-9)29(7)25(33)37-16-19-13-11-10-12-14-19/h10-14,17-18,20,23H,15-16H2,1-9H3,(H,27,31)(H,28,30)/t18-,20+,23?/m1/s1. The van der Waals surface area contributed by atoms with Crippen LogP contribution in [0.25, 0.3) is 0 Å². The van der Waals surface area contributed by atoms with Crippen LogP contribution in [0.3, 0.4) is 0 Å². The highest BCUT2D eigenvalue weighted by Gasteiger charge is 2.46. The lowest BCUT2D eigenvalue weighted by Gasteiger charge is -2.31. The number of benzene rings is 1. The second-order valence-electron chi connectivity index (χ2n) is 10.4. The molecule has 0 aliphatic carbocycles. The lowest BCUT2D eigenvalue weighted by atomic mass is 10.0. The Labute approximate surface area is 230 Å². The lowest BCUT2D eigenvalue weighted by molar-refractivity contribution is -0.159. The van der Waals surface area contributed by atoms with E-state index < -0.39 is 54.9 Å². The molecule has 39 heavy (non-hydrogen) atoms. The van der Waals surface area contributed by atoms with Crippen LogP contribution in [-0.4, -0.2) is 73.5 Å². The largest absolute Gasteiger partial charge is 0.458 e. The molecule has 0 radical (unpaired) electrons. The fourth-order valence-corrected chi connectivity index (χ4v) is 4.86. The first-order valence-corrected chi connectivity index (χ1v) is 14.1. The molecule has 0 heterocycles. The van der Waals surface area contributed by atoms with Crippen molar-refractivity contribution in [1.82, 2.24) is 15.5 Å². The van der Waals surface area contributed by atoms with Crippen LogP contribution in [0.2, 0.25) is 0 Å². The molecule has 0 aliphatic rings. The second kappa shape index (κ2) is 15.0. The summed E-state index contributed by atoms with van der Waals surface area (Å²) in [5.74, 6) is -3.99. The van der Waals surface area contributed by atoms with Crippen molar-refractivity contribution in [2.24, 2.45) is 5.92 Å². The van der Waals surface area contributed by atoms with Crippen LogP contribution in [-0.2, 0) is 44.1 Å². The number of esters is 1. The van der Waals surface area contributed by atoms with E-state index in [4.69, 9.17) is 18.5 Å². The Morgan fingerprint density at radius 3 is 2.00 bits per heavy atom. The number of amides is 3. The third-order valence-electron chi connectivity index (χ3n) is 5.37. The normalized spacial score (nSPS) is 14.1. The van der Waals surface area contributed by atoms with Crippen LogP contribution >= 0.6 is 7.60 Å². The molecule has 0 spiro atoms. The number of hydrogen-bond donors (Lipinski definition) is 2. The predicted octanol–water partition coefficient (Wildman–Crippen LogP) is 3.44. The maximum absolute atomic E-state index is 13.3. The van der Waals surface area contributed by atoms with E-state index in [9.17, 15) is 23.7 Å². The van der Waals surface area contributed by atoms with Gasteiger partial charge < -0.3 is 29.2 Å². The summed E-state index contributed by atoms with van der Waals surface area (Å²) in [5, 5.41) is 5.03. The first-order chi connectivity index (χ1) is 18.0. The predicted molar refractivity (Wildman–Crippen MR) is 145 cm³/mol. The van der Waals surface area contributed by atoms with E-state index in [1.165, 1.54) is 14.0 Å². The van der Waals surface area contributed by atoms with Gasteiger partial charge in [0.2, 0.25) is 11.7 Å². The number of ether oxygens (including phenoxy) is 2. The quantitative estimate of drug-likeness (QED) is 0.268. The molecule has 2 N–H and O–H groups in total. The average molecular weight is 572 g/mol. The summed E-state index contributed by atoms with van der Waals surface area (Å²) in [6.45, 7) is 10.2. The first kappa shape index (κ1) is 34.1. The zero-order chi connectivity index (χ0) is 30.0. The van der Waals surface area contributed by atoms with Crippen molar-refractivity contribution in [3.05, 3.63) is 35.9 Å². The Kier molecular flexibility index (Phi) is 13.1. The van der Waals surface area contributed by atoms with E-state index in [0.29, 0.717) is 12.0 Å². The van der Waals surface area contributed by atoms with Gasteiger partial charge in [-0.2, -0.15) is 0 Å². The Morgan fingerprint density at radius 1 is 0.949 bits per heavy atom. The molecule has 13 heteroatoms. The molecular formula is C26H42N3O9P. The molecular weight excluding hydrogens is 529 g/mol. The van der Waals surface area contributed by atoms with E-state index in [2.05, 4.69) is 10.6 Å². The van der Waals surface area contributed by atoms with Gasteiger partial charge >= 0.3 is 19.7 Å². The average Bonchev–Trinajstić information content (AvgIpc) is 2.85. The third kappa shape index (κ3) is 11.0.